The van der Waals surface area contributed by atoms with Crippen molar-refractivity contribution in [3.8, 4) is 5.88 Å². The number of nitrogens with one attached hydrogen (secondary N) is 1. The number of rotatable bonds is 2. The minimum Gasteiger partial charge on any atom is -0.473 e. The summed E-state index contributed by atoms with van der Waals surface area (Å²) >= 11 is 0. The van der Waals surface area contributed by atoms with Gasteiger partial charge in [0, 0.05) is 12.6 Å². The third kappa shape index (κ3) is 2.71. The predicted molar refractivity (Wildman–Crippen MR) is 55.6 cm³/mol. The summed E-state index contributed by atoms with van der Waals surface area (Å²) in [6, 6.07) is 1.64. The van der Waals surface area contributed by atoms with Crippen molar-refractivity contribution >= 4 is 18.2 Å². The van der Waals surface area contributed by atoms with E-state index in [2.05, 4.69) is 15.3 Å². The maximum absolute atomic E-state index is 5.56. The van der Waals surface area contributed by atoms with Gasteiger partial charge in [-0.1, -0.05) is 0 Å². The number of hydrogen-bond donors (Lipinski definition) is 2. The molecule has 0 spiro atoms. The Morgan fingerprint density at radius 1 is 1.50 bits per heavy atom. The van der Waals surface area contributed by atoms with Crippen molar-refractivity contribution in [3.63, 3.8) is 0 Å². The van der Waals surface area contributed by atoms with Gasteiger partial charge in [-0.15, -0.1) is 12.4 Å². The number of halogens is 1. The van der Waals surface area contributed by atoms with Crippen molar-refractivity contribution in [2.45, 2.75) is 12.5 Å². The maximum atomic E-state index is 5.56. The average Bonchev–Trinajstić information content (AvgIpc) is 2.57. The Balaban J connectivity index is 0.000000980. The first-order valence-electron chi connectivity index (χ1n) is 4.29. The Hall–Kier alpha value is -1.07. The van der Waals surface area contributed by atoms with Crippen LogP contribution in [0, 0.1) is 0 Å². The first-order chi connectivity index (χ1) is 6.34. The molecule has 1 aromatic heterocycles. The van der Waals surface area contributed by atoms with Gasteiger partial charge in [-0.3, -0.25) is 0 Å². The number of aromatic nitrogens is 2. The molecule has 14 heavy (non-hydrogen) atoms. The first kappa shape index (κ1) is 11.0. The van der Waals surface area contributed by atoms with Gasteiger partial charge in [-0.25, -0.2) is 9.97 Å². The van der Waals surface area contributed by atoms with E-state index < -0.39 is 0 Å². The predicted octanol–water partition coefficient (Wildman–Crippen LogP) is 0.221. The molecule has 1 aromatic rings. The van der Waals surface area contributed by atoms with Crippen LogP contribution in [0.1, 0.15) is 6.42 Å². The van der Waals surface area contributed by atoms with Gasteiger partial charge < -0.3 is 15.8 Å². The molecule has 0 amide bonds. The van der Waals surface area contributed by atoms with E-state index in [0.29, 0.717) is 11.7 Å². The molecule has 1 aliphatic heterocycles. The second-order valence-electron chi connectivity index (χ2n) is 3.01. The molecule has 1 aliphatic rings. The van der Waals surface area contributed by atoms with Crippen LogP contribution in [0.4, 0.5) is 5.82 Å². The van der Waals surface area contributed by atoms with Gasteiger partial charge in [0.1, 0.15) is 18.2 Å². The van der Waals surface area contributed by atoms with Crippen LogP contribution in [-0.2, 0) is 0 Å². The van der Waals surface area contributed by atoms with Gasteiger partial charge in [-0.05, 0) is 13.0 Å². The molecule has 6 heteroatoms. The minimum atomic E-state index is 0. The standard InChI is InChI=1S/C8H12N4O.ClH/c9-7-3-8(12-5-11-7)13-6-1-2-10-4-6;/h3,5-6,10H,1-2,4H2,(H2,9,11,12);1H. The molecular weight excluding hydrogens is 204 g/mol. The quantitative estimate of drug-likeness (QED) is 0.740. The fourth-order valence-corrected chi connectivity index (χ4v) is 1.32. The lowest BCUT2D eigenvalue weighted by atomic mass is 10.3. The monoisotopic (exact) mass is 216 g/mol. The summed E-state index contributed by atoms with van der Waals surface area (Å²) in [5.41, 5.74) is 5.49. The molecule has 1 fully saturated rings. The summed E-state index contributed by atoms with van der Waals surface area (Å²) in [4.78, 5) is 7.75. The zero-order valence-electron chi connectivity index (χ0n) is 7.64. The van der Waals surface area contributed by atoms with Crippen LogP contribution in [0.2, 0.25) is 0 Å². The van der Waals surface area contributed by atoms with E-state index >= 15 is 0 Å². The molecule has 0 bridgehead atoms. The van der Waals surface area contributed by atoms with Gasteiger partial charge in [-0.2, -0.15) is 0 Å². The fraction of sp³-hybridized carbons (Fsp3) is 0.500. The third-order valence-electron chi connectivity index (χ3n) is 1.97. The van der Waals surface area contributed by atoms with E-state index in [1.165, 1.54) is 6.33 Å². The van der Waals surface area contributed by atoms with E-state index in [0.717, 1.165) is 19.5 Å². The molecule has 2 heterocycles. The smallest absolute Gasteiger partial charge is 0.218 e. The van der Waals surface area contributed by atoms with Crippen molar-refractivity contribution in [2.75, 3.05) is 18.8 Å². The van der Waals surface area contributed by atoms with Crippen molar-refractivity contribution in [1.29, 1.82) is 0 Å². The van der Waals surface area contributed by atoms with Crippen LogP contribution < -0.4 is 15.8 Å². The summed E-state index contributed by atoms with van der Waals surface area (Å²) in [6.07, 6.45) is 2.64. The molecule has 0 saturated carbocycles. The van der Waals surface area contributed by atoms with E-state index in [1.54, 1.807) is 6.07 Å². The van der Waals surface area contributed by atoms with Crippen molar-refractivity contribution in [2.24, 2.45) is 0 Å². The second kappa shape index (κ2) is 4.97. The highest BCUT2D eigenvalue weighted by Gasteiger charge is 2.16. The summed E-state index contributed by atoms with van der Waals surface area (Å²) in [6.45, 7) is 1.88. The molecule has 1 atom stereocenters. The summed E-state index contributed by atoms with van der Waals surface area (Å²) in [7, 11) is 0. The maximum Gasteiger partial charge on any atom is 0.218 e. The van der Waals surface area contributed by atoms with Crippen LogP contribution in [0.25, 0.3) is 0 Å². The lowest BCUT2D eigenvalue weighted by molar-refractivity contribution is 0.214. The van der Waals surface area contributed by atoms with E-state index in [4.69, 9.17) is 10.5 Å². The van der Waals surface area contributed by atoms with E-state index in [1.807, 2.05) is 0 Å². The normalized spacial score (nSPS) is 20.1. The SMILES string of the molecule is Cl.Nc1cc(OC2CCNC2)ncn1. The van der Waals surface area contributed by atoms with Crippen molar-refractivity contribution in [3.05, 3.63) is 12.4 Å². The van der Waals surface area contributed by atoms with E-state index in [-0.39, 0.29) is 18.5 Å². The van der Waals surface area contributed by atoms with Crippen LogP contribution in [0.3, 0.4) is 0 Å². The third-order valence-corrected chi connectivity index (χ3v) is 1.97. The highest BCUT2D eigenvalue weighted by Crippen LogP contribution is 2.12. The summed E-state index contributed by atoms with van der Waals surface area (Å²) in [5.74, 6) is 0.997. The second-order valence-corrected chi connectivity index (χ2v) is 3.01. The number of hydrogen-bond acceptors (Lipinski definition) is 5. The van der Waals surface area contributed by atoms with Crippen LogP contribution in [-0.4, -0.2) is 29.2 Å². The summed E-state index contributed by atoms with van der Waals surface area (Å²) in [5, 5.41) is 3.21. The zero-order chi connectivity index (χ0) is 9.10. The average molecular weight is 217 g/mol. The van der Waals surface area contributed by atoms with Crippen LogP contribution in [0.15, 0.2) is 12.4 Å². The molecule has 0 radical (unpaired) electrons. The highest BCUT2D eigenvalue weighted by atomic mass is 35.5. The summed E-state index contributed by atoms with van der Waals surface area (Å²) < 4.78 is 5.56. The van der Waals surface area contributed by atoms with Gasteiger partial charge in [0.05, 0.1) is 0 Å². The number of nitrogens with two attached hydrogens (primary N) is 1. The lowest BCUT2D eigenvalue weighted by Crippen LogP contribution is -2.20. The minimum absolute atomic E-state index is 0. The molecule has 0 aliphatic carbocycles. The Labute approximate surface area is 88.5 Å². The van der Waals surface area contributed by atoms with Crippen LogP contribution >= 0.6 is 12.4 Å². The molecule has 3 N–H and O–H groups in total. The molecule has 2 rings (SSSR count). The Morgan fingerprint density at radius 2 is 2.36 bits per heavy atom. The van der Waals surface area contributed by atoms with Crippen molar-refractivity contribution in [1.82, 2.24) is 15.3 Å². The van der Waals surface area contributed by atoms with Gasteiger partial charge in [0.15, 0.2) is 0 Å². The Morgan fingerprint density at radius 3 is 3.00 bits per heavy atom. The largest absolute Gasteiger partial charge is 0.473 e. The molecule has 0 aromatic carbocycles. The highest BCUT2D eigenvalue weighted by molar-refractivity contribution is 5.85. The Bertz CT molecular complexity index is 290. The molecule has 1 saturated heterocycles. The molecular formula is C8H13ClN4O. The zero-order valence-corrected chi connectivity index (χ0v) is 8.46. The fourth-order valence-electron chi connectivity index (χ4n) is 1.32. The number of nitrogens with zero attached hydrogens (tertiary/aromatic N) is 2. The number of nitrogen functional groups attached to an aromatic ring is 1. The molecule has 78 valence electrons. The van der Waals surface area contributed by atoms with Gasteiger partial charge in [0.25, 0.3) is 0 Å². The van der Waals surface area contributed by atoms with Crippen molar-refractivity contribution < 1.29 is 4.74 Å². The van der Waals surface area contributed by atoms with Gasteiger partial charge in [0.2, 0.25) is 5.88 Å². The van der Waals surface area contributed by atoms with Crippen LogP contribution in [0.5, 0.6) is 5.88 Å². The van der Waals surface area contributed by atoms with Gasteiger partial charge >= 0.3 is 0 Å². The number of anilines is 1. The first-order valence-corrected chi connectivity index (χ1v) is 4.29. The molecule has 1 unspecified atom stereocenters. The molecule has 5 nitrogen and oxygen atoms in total. The Kier molecular flexibility index (Phi) is 3.91. The lowest BCUT2D eigenvalue weighted by Gasteiger charge is -2.10. The topological polar surface area (TPSA) is 73.1 Å². The van der Waals surface area contributed by atoms with E-state index in [9.17, 15) is 0 Å². The number of ether oxygens (including phenoxy) is 1.